The lowest BCUT2D eigenvalue weighted by Gasteiger charge is -2.35. The van der Waals surface area contributed by atoms with Crippen LogP contribution in [0.4, 0.5) is 0 Å². The molecule has 1 aliphatic rings. The van der Waals surface area contributed by atoms with Crippen LogP contribution in [0.2, 0.25) is 0 Å². The number of methoxy groups -OCH3 is 1. The number of ether oxygens (including phenoxy) is 1. The fourth-order valence-corrected chi connectivity index (χ4v) is 3.42. The second kappa shape index (κ2) is 7.41. The van der Waals surface area contributed by atoms with Crippen LogP contribution >= 0.6 is 0 Å². The highest BCUT2D eigenvalue weighted by Gasteiger charge is 2.48. The van der Waals surface area contributed by atoms with Crippen LogP contribution in [0, 0.1) is 11.8 Å². The highest BCUT2D eigenvalue weighted by atomic mass is 16.5. The summed E-state index contributed by atoms with van der Waals surface area (Å²) in [6.45, 7) is 7.81. The van der Waals surface area contributed by atoms with Crippen LogP contribution in [0.3, 0.4) is 0 Å². The molecule has 1 rings (SSSR count). The Morgan fingerprint density at radius 2 is 2.10 bits per heavy atom. The lowest BCUT2D eigenvalue weighted by atomic mass is 9.84. The Morgan fingerprint density at radius 1 is 1.45 bits per heavy atom. The number of hydrogen-bond donors (Lipinski definition) is 1. The van der Waals surface area contributed by atoms with Gasteiger partial charge in [0.15, 0.2) is 0 Å². The molecular weight excluding hydrogens is 252 g/mol. The molecule has 3 unspecified atom stereocenters. The molecular formula is C16H32N2O2. The zero-order valence-electron chi connectivity index (χ0n) is 14.0. The molecule has 0 aromatic carbocycles. The fourth-order valence-electron chi connectivity index (χ4n) is 3.42. The van der Waals surface area contributed by atoms with Crippen LogP contribution in [-0.4, -0.2) is 50.2 Å². The van der Waals surface area contributed by atoms with E-state index in [4.69, 9.17) is 4.74 Å². The third-order valence-corrected chi connectivity index (χ3v) is 5.31. The van der Waals surface area contributed by atoms with Gasteiger partial charge in [-0.1, -0.05) is 20.3 Å². The van der Waals surface area contributed by atoms with Crippen LogP contribution in [0.5, 0.6) is 0 Å². The molecule has 20 heavy (non-hydrogen) atoms. The lowest BCUT2D eigenvalue weighted by molar-refractivity contribution is -0.150. The Kier molecular flexibility index (Phi) is 6.46. The van der Waals surface area contributed by atoms with Crippen molar-refractivity contribution >= 4 is 5.97 Å². The summed E-state index contributed by atoms with van der Waals surface area (Å²) in [6.07, 6.45) is 4.15. The summed E-state index contributed by atoms with van der Waals surface area (Å²) in [5, 5.41) is 3.26. The monoisotopic (exact) mass is 284 g/mol. The molecule has 0 aromatic rings. The SMILES string of the molecule is CNC1(C(=O)OC)CCCC1CCN(C)C(C)C(C)C. The number of carbonyl (C=O) groups is 1. The molecule has 1 fully saturated rings. The van der Waals surface area contributed by atoms with E-state index < -0.39 is 5.54 Å². The third kappa shape index (κ3) is 3.53. The smallest absolute Gasteiger partial charge is 0.326 e. The van der Waals surface area contributed by atoms with Crippen molar-refractivity contribution in [3.63, 3.8) is 0 Å². The van der Waals surface area contributed by atoms with Gasteiger partial charge >= 0.3 is 5.97 Å². The molecule has 0 radical (unpaired) electrons. The summed E-state index contributed by atoms with van der Waals surface area (Å²) in [4.78, 5) is 14.6. The first-order valence-electron chi connectivity index (χ1n) is 7.86. The van der Waals surface area contributed by atoms with Gasteiger partial charge in [-0.3, -0.25) is 4.79 Å². The minimum absolute atomic E-state index is 0.0953. The predicted molar refractivity (Wildman–Crippen MR) is 82.7 cm³/mol. The molecule has 3 atom stereocenters. The Morgan fingerprint density at radius 3 is 2.60 bits per heavy atom. The van der Waals surface area contributed by atoms with E-state index in [1.807, 2.05) is 7.05 Å². The van der Waals surface area contributed by atoms with Crippen molar-refractivity contribution in [3.8, 4) is 0 Å². The first-order chi connectivity index (χ1) is 9.39. The van der Waals surface area contributed by atoms with Crippen LogP contribution in [0.15, 0.2) is 0 Å². The van der Waals surface area contributed by atoms with E-state index in [2.05, 4.69) is 38.0 Å². The van der Waals surface area contributed by atoms with Gasteiger partial charge in [-0.2, -0.15) is 0 Å². The minimum atomic E-state index is -0.462. The summed E-state index contributed by atoms with van der Waals surface area (Å²) in [7, 11) is 5.55. The van der Waals surface area contributed by atoms with Crippen LogP contribution < -0.4 is 5.32 Å². The number of likely N-dealkylation sites (N-methyl/N-ethyl adjacent to an activating group) is 1. The second-order valence-electron chi connectivity index (χ2n) is 6.56. The summed E-state index contributed by atoms with van der Waals surface area (Å²) < 4.78 is 5.04. The fraction of sp³-hybridized carbons (Fsp3) is 0.938. The normalized spacial score (nSPS) is 28.1. The highest BCUT2D eigenvalue weighted by Crippen LogP contribution is 2.38. The maximum atomic E-state index is 12.2. The number of nitrogens with one attached hydrogen (secondary N) is 1. The van der Waals surface area contributed by atoms with Crippen molar-refractivity contribution in [2.45, 2.75) is 58.0 Å². The van der Waals surface area contributed by atoms with Crippen molar-refractivity contribution in [1.29, 1.82) is 0 Å². The van der Waals surface area contributed by atoms with Gasteiger partial charge in [-0.05, 0) is 58.7 Å². The number of hydrogen-bond acceptors (Lipinski definition) is 4. The highest BCUT2D eigenvalue weighted by molar-refractivity contribution is 5.81. The van der Waals surface area contributed by atoms with Crippen molar-refractivity contribution < 1.29 is 9.53 Å². The third-order valence-electron chi connectivity index (χ3n) is 5.31. The number of nitrogens with zero attached hydrogens (tertiary/aromatic N) is 1. The molecule has 1 saturated carbocycles. The molecule has 0 spiro atoms. The van der Waals surface area contributed by atoms with Gasteiger partial charge in [0.2, 0.25) is 0 Å². The average molecular weight is 284 g/mol. The van der Waals surface area contributed by atoms with E-state index in [1.165, 1.54) is 7.11 Å². The lowest BCUT2D eigenvalue weighted by Crippen LogP contribution is -2.54. The van der Waals surface area contributed by atoms with Crippen LogP contribution in [-0.2, 0) is 9.53 Å². The summed E-state index contributed by atoms with van der Waals surface area (Å²) >= 11 is 0. The second-order valence-corrected chi connectivity index (χ2v) is 6.56. The Balaban J connectivity index is 2.64. The average Bonchev–Trinajstić information content (AvgIpc) is 2.86. The van der Waals surface area contributed by atoms with Gasteiger partial charge in [0.05, 0.1) is 7.11 Å². The van der Waals surface area contributed by atoms with Crippen molar-refractivity contribution in [2.75, 3.05) is 27.7 Å². The van der Waals surface area contributed by atoms with E-state index >= 15 is 0 Å². The summed E-state index contributed by atoms with van der Waals surface area (Å²) in [5.41, 5.74) is -0.462. The molecule has 118 valence electrons. The molecule has 0 amide bonds. The Hall–Kier alpha value is -0.610. The largest absolute Gasteiger partial charge is 0.468 e. The quantitative estimate of drug-likeness (QED) is 0.728. The Bertz CT molecular complexity index is 320. The standard InChI is InChI=1S/C16H32N2O2/c1-12(2)13(3)18(5)11-9-14-8-7-10-16(14,17-4)15(19)20-6/h12-14,17H,7-11H2,1-6H3. The van der Waals surface area contributed by atoms with E-state index in [0.29, 0.717) is 17.9 Å². The van der Waals surface area contributed by atoms with Gasteiger partial charge in [-0.15, -0.1) is 0 Å². The van der Waals surface area contributed by atoms with Gasteiger partial charge < -0.3 is 15.0 Å². The van der Waals surface area contributed by atoms with Crippen molar-refractivity contribution in [1.82, 2.24) is 10.2 Å². The van der Waals surface area contributed by atoms with E-state index in [0.717, 1.165) is 32.2 Å². The molecule has 0 heterocycles. The van der Waals surface area contributed by atoms with Gasteiger partial charge in [-0.25, -0.2) is 0 Å². The molecule has 4 nitrogen and oxygen atoms in total. The summed E-state index contributed by atoms with van der Waals surface area (Å²) in [5.74, 6) is 0.932. The zero-order chi connectivity index (χ0) is 15.3. The Labute approximate surface area is 124 Å². The summed E-state index contributed by atoms with van der Waals surface area (Å²) in [6, 6.07) is 0.568. The maximum Gasteiger partial charge on any atom is 0.326 e. The molecule has 0 bridgehead atoms. The van der Waals surface area contributed by atoms with Gasteiger partial charge in [0.1, 0.15) is 5.54 Å². The van der Waals surface area contributed by atoms with Crippen LogP contribution in [0.1, 0.15) is 46.5 Å². The molecule has 1 aliphatic carbocycles. The van der Waals surface area contributed by atoms with Crippen molar-refractivity contribution in [2.24, 2.45) is 11.8 Å². The maximum absolute atomic E-state index is 12.2. The predicted octanol–water partition coefficient (Wildman–Crippen LogP) is 2.28. The number of esters is 1. The molecule has 0 aliphatic heterocycles. The molecule has 0 saturated heterocycles. The van der Waals surface area contributed by atoms with E-state index in [9.17, 15) is 4.79 Å². The van der Waals surface area contributed by atoms with Crippen LogP contribution in [0.25, 0.3) is 0 Å². The first kappa shape index (κ1) is 17.4. The van der Waals surface area contributed by atoms with E-state index in [1.54, 1.807) is 0 Å². The van der Waals surface area contributed by atoms with Crippen molar-refractivity contribution in [3.05, 3.63) is 0 Å². The van der Waals surface area contributed by atoms with E-state index in [-0.39, 0.29) is 5.97 Å². The number of rotatable bonds is 7. The first-order valence-corrected chi connectivity index (χ1v) is 7.86. The van der Waals surface area contributed by atoms with Gasteiger partial charge in [0.25, 0.3) is 0 Å². The minimum Gasteiger partial charge on any atom is -0.468 e. The molecule has 0 aromatic heterocycles. The topological polar surface area (TPSA) is 41.6 Å². The molecule has 1 N–H and O–H groups in total. The van der Waals surface area contributed by atoms with Gasteiger partial charge in [0, 0.05) is 6.04 Å². The molecule has 4 heteroatoms. The zero-order valence-corrected chi connectivity index (χ0v) is 14.0. The number of carbonyl (C=O) groups excluding carboxylic acids is 1.